The lowest BCUT2D eigenvalue weighted by Gasteiger charge is -2.53. The lowest BCUT2D eigenvalue weighted by molar-refractivity contribution is -0.187. The topological polar surface area (TPSA) is 99.5 Å². The summed E-state index contributed by atoms with van der Waals surface area (Å²) >= 11 is 0. The molecule has 186 valence electrons. The van der Waals surface area contributed by atoms with Crippen molar-refractivity contribution in [3.63, 3.8) is 0 Å². The van der Waals surface area contributed by atoms with Gasteiger partial charge in [0.1, 0.15) is 12.2 Å². The first-order valence-electron chi connectivity index (χ1n) is 11.6. The van der Waals surface area contributed by atoms with Crippen LogP contribution < -0.4 is 0 Å². The van der Waals surface area contributed by atoms with Crippen LogP contribution in [0.1, 0.15) is 81.1 Å². The Labute approximate surface area is 193 Å². The summed E-state index contributed by atoms with van der Waals surface area (Å²) < 4.78 is 11.0. The lowest BCUT2D eigenvalue weighted by Crippen LogP contribution is -2.61. The highest BCUT2D eigenvalue weighted by Crippen LogP contribution is 2.39. The summed E-state index contributed by atoms with van der Waals surface area (Å²) in [5, 5.41) is 20.7. The number of piperidine rings is 2. The van der Waals surface area contributed by atoms with E-state index in [4.69, 9.17) is 9.47 Å². The van der Waals surface area contributed by atoms with E-state index in [1.54, 1.807) is 0 Å². The minimum absolute atomic E-state index is 0.205. The number of carbonyl (C=O) groups excluding carboxylic acids is 2. The number of aliphatic hydroxyl groups is 2. The predicted octanol–water partition coefficient (Wildman–Crippen LogP) is 2.10. The maximum atomic E-state index is 12.5. The van der Waals surface area contributed by atoms with Gasteiger partial charge in [0.15, 0.2) is 12.2 Å². The van der Waals surface area contributed by atoms with Crippen molar-refractivity contribution in [2.75, 3.05) is 14.1 Å². The van der Waals surface area contributed by atoms with E-state index in [2.05, 4.69) is 65.2 Å². The van der Waals surface area contributed by atoms with Crippen molar-refractivity contribution in [2.24, 2.45) is 0 Å². The Kier molecular flexibility index (Phi) is 7.48. The predicted molar refractivity (Wildman–Crippen MR) is 122 cm³/mol. The van der Waals surface area contributed by atoms with Gasteiger partial charge in [-0.1, -0.05) is 0 Å². The molecule has 8 nitrogen and oxygen atoms in total. The standard InChI is InChI=1S/C24H44N2O6/c1-21(2)11-15(12-22(3,4)25(21)9)31-19(29)17(27)18(28)20(30)32-16-13-23(5,6)26(10)24(7,8)14-16/h15-18,27-28H,11-14H2,1-10H3. The van der Waals surface area contributed by atoms with Crippen LogP contribution in [0.4, 0.5) is 0 Å². The van der Waals surface area contributed by atoms with Gasteiger partial charge in [-0.15, -0.1) is 0 Å². The van der Waals surface area contributed by atoms with Gasteiger partial charge in [-0.25, -0.2) is 9.59 Å². The van der Waals surface area contributed by atoms with Gasteiger partial charge in [0.05, 0.1) is 0 Å². The largest absolute Gasteiger partial charge is 0.460 e. The number of nitrogens with zero attached hydrogens (tertiary/aromatic N) is 2. The van der Waals surface area contributed by atoms with Crippen LogP contribution in [-0.4, -0.2) is 92.6 Å². The van der Waals surface area contributed by atoms with Gasteiger partial charge >= 0.3 is 11.9 Å². The molecule has 0 radical (unpaired) electrons. The molecule has 2 saturated heterocycles. The average Bonchev–Trinajstić information content (AvgIpc) is 2.61. The van der Waals surface area contributed by atoms with Gasteiger partial charge in [-0.3, -0.25) is 9.80 Å². The van der Waals surface area contributed by atoms with Crippen molar-refractivity contribution < 1.29 is 29.3 Å². The number of ether oxygens (including phenoxy) is 2. The molecule has 0 aromatic carbocycles. The van der Waals surface area contributed by atoms with Crippen LogP contribution in [0.5, 0.6) is 0 Å². The van der Waals surface area contributed by atoms with E-state index in [1.807, 2.05) is 14.1 Å². The molecular formula is C24H44N2O6. The first-order chi connectivity index (χ1) is 14.3. The fraction of sp³-hybridized carbons (Fsp3) is 0.917. The van der Waals surface area contributed by atoms with Crippen LogP contribution in [0.25, 0.3) is 0 Å². The average molecular weight is 457 g/mol. The third kappa shape index (κ3) is 5.64. The Balaban J connectivity index is 1.98. The molecular weight excluding hydrogens is 412 g/mol. The maximum absolute atomic E-state index is 12.5. The molecule has 0 aromatic rings. The second-order valence-electron chi connectivity index (χ2n) is 12.2. The number of esters is 2. The molecule has 2 N–H and O–H groups in total. The number of hydrogen-bond donors (Lipinski definition) is 2. The van der Waals surface area contributed by atoms with Crippen LogP contribution >= 0.6 is 0 Å². The number of rotatable bonds is 5. The molecule has 0 saturated carbocycles. The van der Waals surface area contributed by atoms with Crippen molar-refractivity contribution in [3.8, 4) is 0 Å². The zero-order valence-corrected chi connectivity index (χ0v) is 21.6. The van der Waals surface area contributed by atoms with Gasteiger partial charge in [0.25, 0.3) is 0 Å². The highest BCUT2D eigenvalue weighted by atomic mass is 16.6. The lowest BCUT2D eigenvalue weighted by atomic mass is 9.78. The Bertz CT molecular complexity index is 621. The highest BCUT2D eigenvalue weighted by molar-refractivity contribution is 5.85. The zero-order chi connectivity index (χ0) is 24.9. The van der Waals surface area contributed by atoms with Crippen LogP contribution in [0, 0.1) is 0 Å². The molecule has 2 aliphatic rings. The van der Waals surface area contributed by atoms with E-state index in [-0.39, 0.29) is 22.2 Å². The molecule has 8 heteroatoms. The van der Waals surface area contributed by atoms with Gasteiger partial charge in [0.2, 0.25) is 0 Å². The van der Waals surface area contributed by atoms with Gasteiger partial charge < -0.3 is 19.7 Å². The molecule has 0 amide bonds. The number of carbonyl (C=O) groups is 2. The molecule has 2 rings (SSSR count). The quantitative estimate of drug-likeness (QED) is 0.607. The van der Waals surface area contributed by atoms with Gasteiger partial charge in [-0.05, 0) is 69.5 Å². The minimum Gasteiger partial charge on any atom is -0.460 e. The van der Waals surface area contributed by atoms with Crippen molar-refractivity contribution in [1.82, 2.24) is 9.80 Å². The van der Waals surface area contributed by atoms with E-state index in [1.165, 1.54) is 0 Å². The van der Waals surface area contributed by atoms with Crippen molar-refractivity contribution in [2.45, 2.75) is 128 Å². The first-order valence-corrected chi connectivity index (χ1v) is 11.6. The maximum Gasteiger partial charge on any atom is 0.338 e. The van der Waals surface area contributed by atoms with E-state index in [0.717, 1.165) is 0 Å². The summed E-state index contributed by atoms with van der Waals surface area (Å²) in [7, 11) is 4.08. The molecule has 0 aliphatic carbocycles. The molecule has 2 unspecified atom stereocenters. The van der Waals surface area contributed by atoms with E-state index < -0.39 is 36.4 Å². The number of likely N-dealkylation sites (tertiary alicyclic amines) is 2. The van der Waals surface area contributed by atoms with Crippen molar-refractivity contribution in [3.05, 3.63) is 0 Å². The summed E-state index contributed by atoms with van der Waals surface area (Å²) in [6.07, 6.45) is -2.45. The Morgan fingerprint density at radius 3 is 1.09 bits per heavy atom. The third-order valence-electron chi connectivity index (χ3n) is 7.89. The minimum atomic E-state index is -1.99. The van der Waals surface area contributed by atoms with Crippen molar-refractivity contribution in [1.29, 1.82) is 0 Å². The molecule has 2 fully saturated rings. The molecule has 0 spiro atoms. The fourth-order valence-corrected chi connectivity index (χ4v) is 5.45. The van der Waals surface area contributed by atoms with Crippen LogP contribution in [0.3, 0.4) is 0 Å². The Hall–Kier alpha value is -1.22. The molecule has 32 heavy (non-hydrogen) atoms. The van der Waals surface area contributed by atoms with Gasteiger partial charge in [0, 0.05) is 47.8 Å². The highest BCUT2D eigenvalue weighted by Gasteiger charge is 2.47. The summed E-state index contributed by atoms with van der Waals surface area (Å²) in [5.74, 6) is -2.00. The summed E-state index contributed by atoms with van der Waals surface area (Å²) in [6, 6.07) is 0. The molecule has 2 atom stereocenters. The van der Waals surface area contributed by atoms with E-state index >= 15 is 0 Å². The fourth-order valence-electron chi connectivity index (χ4n) is 5.45. The molecule has 2 heterocycles. The zero-order valence-electron chi connectivity index (χ0n) is 21.6. The third-order valence-corrected chi connectivity index (χ3v) is 7.89. The molecule has 0 aromatic heterocycles. The normalized spacial score (nSPS) is 28.0. The van der Waals surface area contributed by atoms with Gasteiger partial charge in [-0.2, -0.15) is 0 Å². The number of hydrogen-bond acceptors (Lipinski definition) is 8. The van der Waals surface area contributed by atoms with Crippen molar-refractivity contribution >= 4 is 11.9 Å². The summed E-state index contributed by atoms with van der Waals surface area (Å²) in [5.41, 5.74) is -0.822. The SMILES string of the molecule is CN1C(C)(C)CC(OC(=O)C(O)C(O)C(=O)OC2CC(C)(C)N(C)C(C)(C)C2)CC1(C)C. The van der Waals surface area contributed by atoms with Crippen LogP contribution in [0.2, 0.25) is 0 Å². The van der Waals surface area contributed by atoms with E-state index in [0.29, 0.717) is 25.7 Å². The van der Waals surface area contributed by atoms with Crippen LogP contribution in [0.15, 0.2) is 0 Å². The Morgan fingerprint density at radius 2 is 0.875 bits per heavy atom. The summed E-state index contributed by atoms with van der Waals surface area (Å²) in [4.78, 5) is 29.6. The first kappa shape index (κ1) is 27.0. The summed E-state index contributed by atoms with van der Waals surface area (Å²) in [6.45, 7) is 16.6. The second-order valence-corrected chi connectivity index (χ2v) is 12.2. The molecule has 0 bridgehead atoms. The monoisotopic (exact) mass is 456 g/mol. The Morgan fingerprint density at radius 1 is 0.656 bits per heavy atom. The second kappa shape index (κ2) is 8.85. The van der Waals surface area contributed by atoms with Crippen LogP contribution in [-0.2, 0) is 19.1 Å². The van der Waals surface area contributed by atoms with E-state index in [9.17, 15) is 19.8 Å². The number of aliphatic hydroxyl groups excluding tert-OH is 2. The molecule has 2 aliphatic heterocycles. The smallest absolute Gasteiger partial charge is 0.338 e.